The number of allylic oxidation sites excluding steroid dienone is 1. The van der Waals surface area contributed by atoms with Crippen molar-refractivity contribution in [3.63, 3.8) is 0 Å². The first kappa shape index (κ1) is 18.8. The molecule has 0 aromatic heterocycles. The Hall–Kier alpha value is -3.93. The van der Waals surface area contributed by atoms with Crippen molar-refractivity contribution in [3.8, 4) is 11.5 Å². The lowest BCUT2D eigenvalue weighted by Gasteiger charge is -2.09. The molecule has 6 heteroatoms. The van der Waals surface area contributed by atoms with Crippen LogP contribution in [0.2, 0.25) is 0 Å². The zero-order valence-electron chi connectivity index (χ0n) is 15.0. The molecule has 0 fully saturated rings. The number of nitro groups is 1. The van der Waals surface area contributed by atoms with Crippen molar-refractivity contribution >= 4 is 23.1 Å². The number of methoxy groups -OCH3 is 1. The Morgan fingerprint density at radius 2 is 1.57 bits per heavy atom. The van der Waals surface area contributed by atoms with Gasteiger partial charge in [-0.3, -0.25) is 14.9 Å². The van der Waals surface area contributed by atoms with Crippen molar-refractivity contribution in [1.29, 1.82) is 0 Å². The number of ketones is 1. The molecule has 0 aliphatic carbocycles. The van der Waals surface area contributed by atoms with E-state index in [1.165, 1.54) is 19.2 Å². The molecule has 0 heterocycles. The fraction of sp³-hybridized carbons (Fsp3) is 0.0455. The maximum absolute atomic E-state index is 13.1. The molecule has 0 spiro atoms. The van der Waals surface area contributed by atoms with Gasteiger partial charge in [0.05, 0.1) is 12.0 Å². The summed E-state index contributed by atoms with van der Waals surface area (Å²) in [6, 6.07) is 20.5. The normalized spacial score (nSPS) is 11.1. The van der Waals surface area contributed by atoms with Crippen LogP contribution in [-0.4, -0.2) is 22.9 Å². The third-order valence-electron chi connectivity index (χ3n) is 4.17. The quantitative estimate of drug-likeness (QED) is 0.221. The lowest BCUT2D eigenvalue weighted by atomic mass is 9.94. The lowest BCUT2D eigenvalue weighted by Crippen LogP contribution is -2.03. The van der Waals surface area contributed by atoms with E-state index >= 15 is 0 Å². The van der Waals surface area contributed by atoms with Gasteiger partial charge in [-0.05, 0) is 23.3 Å². The van der Waals surface area contributed by atoms with E-state index in [4.69, 9.17) is 4.74 Å². The lowest BCUT2D eigenvalue weighted by molar-refractivity contribution is -0.386. The summed E-state index contributed by atoms with van der Waals surface area (Å²) in [4.78, 5) is 23.7. The molecule has 0 bridgehead atoms. The molecule has 6 nitrogen and oxygen atoms in total. The molecule has 3 rings (SSSR count). The van der Waals surface area contributed by atoms with E-state index in [-0.39, 0.29) is 11.5 Å². The number of rotatable bonds is 6. The summed E-state index contributed by atoms with van der Waals surface area (Å²) >= 11 is 0. The van der Waals surface area contributed by atoms with Gasteiger partial charge in [0.1, 0.15) is 0 Å². The zero-order valence-corrected chi connectivity index (χ0v) is 15.0. The standard InChI is InChI=1S/C22H17NO5/c1-28-20-14-15(13-19(22(20)25)23(26)27)12-18(16-8-4-2-5-9-16)21(24)17-10-6-3-7-11-17/h2-14,25H,1H3/b18-12+. The van der Waals surface area contributed by atoms with E-state index in [1.807, 2.05) is 12.1 Å². The maximum Gasteiger partial charge on any atom is 0.315 e. The van der Waals surface area contributed by atoms with Gasteiger partial charge >= 0.3 is 5.69 Å². The summed E-state index contributed by atoms with van der Waals surface area (Å²) in [7, 11) is 1.31. The van der Waals surface area contributed by atoms with Crippen LogP contribution in [-0.2, 0) is 0 Å². The number of Topliss-reactive ketones (excluding diaryl/α,β-unsaturated/α-hetero) is 1. The van der Waals surface area contributed by atoms with Crippen LogP contribution in [0.4, 0.5) is 5.69 Å². The number of phenols is 1. The highest BCUT2D eigenvalue weighted by Gasteiger charge is 2.21. The van der Waals surface area contributed by atoms with Gasteiger partial charge < -0.3 is 9.84 Å². The predicted octanol–water partition coefficient (Wildman–Crippen LogP) is 4.73. The Morgan fingerprint density at radius 3 is 2.11 bits per heavy atom. The minimum atomic E-state index is -0.698. The van der Waals surface area contributed by atoms with E-state index in [0.717, 1.165) is 0 Å². The summed E-state index contributed by atoms with van der Waals surface area (Å²) in [6.45, 7) is 0. The molecule has 0 atom stereocenters. The number of carbonyl (C=O) groups is 1. The van der Waals surface area contributed by atoms with Gasteiger partial charge in [-0.25, -0.2) is 0 Å². The Labute approximate surface area is 161 Å². The van der Waals surface area contributed by atoms with Crippen LogP contribution in [0, 0.1) is 10.1 Å². The monoisotopic (exact) mass is 375 g/mol. The van der Waals surface area contributed by atoms with Crippen LogP contribution in [0.25, 0.3) is 11.6 Å². The van der Waals surface area contributed by atoms with Crippen LogP contribution in [0.3, 0.4) is 0 Å². The Bertz CT molecular complexity index is 1040. The van der Waals surface area contributed by atoms with Crippen LogP contribution >= 0.6 is 0 Å². The van der Waals surface area contributed by atoms with Gasteiger partial charge in [0.2, 0.25) is 5.75 Å². The summed E-state index contributed by atoms with van der Waals surface area (Å²) in [5.41, 5.74) is 1.41. The van der Waals surface area contributed by atoms with Crippen LogP contribution in [0.15, 0.2) is 72.8 Å². The van der Waals surface area contributed by atoms with Gasteiger partial charge in [0, 0.05) is 17.2 Å². The molecular formula is C22H17NO5. The second-order valence-corrected chi connectivity index (χ2v) is 5.97. The number of phenolic OH excluding ortho intramolecular Hbond substituents is 1. The minimum absolute atomic E-state index is 0.0416. The average Bonchev–Trinajstić information content (AvgIpc) is 2.73. The second kappa shape index (κ2) is 8.18. The predicted molar refractivity (Wildman–Crippen MR) is 106 cm³/mol. The molecule has 0 amide bonds. The van der Waals surface area contributed by atoms with Crippen molar-refractivity contribution in [2.24, 2.45) is 0 Å². The van der Waals surface area contributed by atoms with Gasteiger partial charge in [0.25, 0.3) is 0 Å². The molecule has 0 aliphatic heterocycles. The van der Waals surface area contributed by atoms with Crippen molar-refractivity contribution in [2.75, 3.05) is 7.11 Å². The first-order valence-corrected chi connectivity index (χ1v) is 8.43. The summed E-state index contributed by atoms with van der Waals surface area (Å²) in [6.07, 6.45) is 1.56. The minimum Gasteiger partial charge on any atom is -0.500 e. The molecule has 0 aliphatic rings. The van der Waals surface area contributed by atoms with E-state index in [2.05, 4.69) is 0 Å². The fourth-order valence-electron chi connectivity index (χ4n) is 2.80. The first-order valence-electron chi connectivity index (χ1n) is 8.43. The Kier molecular flexibility index (Phi) is 5.50. The Morgan fingerprint density at radius 1 is 1.00 bits per heavy atom. The second-order valence-electron chi connectivity index (χ2n) is 5.97. The number of aromatic hydroxyl groups is 1. The molecule has 0 radical (unpaired) electrons. The van der Waals surface area contributed by atoms with Gasteiger partial charge in [-0.1, -0.05) is 60.7 Å². The number of nitro benzene ring substituents is 1. The first-order chi connectivity index (χ1) is 13.5. The average molecular weight is 375 g/mol. The molecule has 0 saturated heterocycles. The molecule has 140 valence electrons. The molecule has 1 N–H and O–H groups in total. The van der Waals surface area contributed by atoms with E-state index in [9.17, 15) is 20.0 Å². The third-order valence-corrected chi connectivity index (χ3v) is 4.17. The number of hydrogen-bond donors (Lipinski definition) is 1. The van der Waals surface area contributed by atoms with Gasteiger partial charge in [-0.2, -0.15) is 0 Å². The number of benzene rings is 3. The molecule has 0 saturated carbocycles. The molecule has 0 unspecified atom stereocenters. The van der Waals surface area contributed by atoms with E-state index in [1.54, 1.807) is 54.6 Å². The van der Waals surface area contributed by atoms with Crippen LogP contribution < -0.4 is 4.74 Å². The van der Waals surface area contributed by atoms with Gasteiger partial charge in [0.15, 0.2) is 11.5 Å². The van der Waals surface area contributed by atoms with Crippen molar-refractivity contribution in [3.05, 3.63) is 99.6 Å². The maximum atomic E-state index is 13.1. The Balaban J connectivity index is 2.19. The molecular weight excluding hydrogens is 358 g/mol. The largest absolute Gasteiger partial charge is 0.500 e. The molecule has 3 aromatic rings. The van der Waals surface area contributed by atoms with Gasteiger partial charge in [-0.15, -0.1) is 0 Å². The highest BCUT2D eigenvalue weighted by Crippen LogP contribution is 2.38. The SMILES string of the molecule is COc1cc(/C=C(/C(=O)c2ccccc2)c2ccccc2)cc([N+](=O)[O-])c1O. The van der Waals surface area contributed by atoms with E-state index < -0.39 is 16.4 Å². The highest BCUT2D eigenvalue weighted by atomic mass is 16.6. The molecule has 3 aromatic carbocycles. The number of carbonyl (C=O) groups excluding carboxylic acids is 1. The zero-order chi connectivity index (χ0) is 20.1. The number of ether oxygens (including phenoxy) is 1. The smallest absolute Gasteiger partial charge is 0.315 e. The summed E-state index contributed by atoms with van der Waals surface area (Å²) < 4.78 is 5.04. The summed E-state index contributed by atoms with van der Waals surface area (Å²) in [5.74, 6) is -0.818. The number of hydrogen-bond acceptors (Lipinski definition) is 5. The van der Waals surface area contributed by atoms with E-state index in [0.29, 0.717) is 22.3 Å². The van der Waals surface area contributed by atoms with Crippen molar-refractivity contribution < 1.29 is 19.6 Å². The topological polar surface area (TPSA) is 89.7 Å². The molecule has 28 heavy (non-hydrogen) atoms. The van der Waals surface area contributed by atoms with Crippen molar-refractivity contribution in [2.45, 2.75) is 0 Å². The fourth-order valence-corrected chi connectivity index (χ4v) is 2.80. The van der Waals surface area contributed by atoms with Crippen molar-refractivity contribution in [1.82, 2.24) is 0 Å². The number of nitrogens with zero attached hydrogens (tertiary/aromatic N) is 1. The summed E-state index contributed by atoms with van der Waals surface area (Å²) in [5, 5.41) is 21.2. The third kappa shape index (κ3) is 3.91. The van der Waals surface area contributed by atoms with Crippen LogP contribution in [0.5, 0.6) is 11.5 Å². The highest BCUT2D eigenvalue weighted by molar-refractivity contribution is 6.32. The van der Waals surface area contributed by atoms with Crippen LogP contribution in [0.1, 0.15) is 21.5 Å².